The van der Waals surface area contributed by atoms with Gasteiger partial charge in [-0.15, -0.1) is 0 Å². The molecule has 0 atom stereocenters. The third-order valence-corrected chi connectivity index (χ3v) is 9.45. The highest BCUT2D eigenvalue weighted by atomic mass is 32.2. The first-order valence-corrected chi connectivity index (χ1v) is 14.3. The average Bonchev–Trinajstić information content (AvgIpc) is 3.27. The molecule has 2 aromatic rings. The first kappa shape index (κ1) is 26.2. The van der Waals surface area contributed by atoms with Crippen LogP contribution in [0.5, 0.6) is 5.75 Å². The molecule has 1 amide bonds. The number of hydrogen-bond donors (Lipinski definition) is 0. The number of carbonyl (C=O) groups excluding carboxylic acids is 1. The van der Waals surface area contributed by atoms with E-state index in [0.717, 1.165) is 35.8 Å². The van der Waals surface area contributed by atoms with E-state index in [9.17, 15) is 34.8 Å². The van der Waals surface area contributed by atoms with Gasteiger partial charge in [-0.2, -0.15) is 13.2 Å². The van der Waals surface area contributed by atoms with E-state index in [1.165, 1.54) is 18.0 Å². The number of nitrogens with zero attached hydrogens (tertiary/aromatic N) is 3. The first-order valence-electron chi connectivity index (χ1n) is 9.98. The molecule has 1 aromatic heterocycles. The van der Waals surface area contributed by atoms with Crippen molar-refractivity contribution in [3.05, 3.63) is 30.0 Å². The minimum Gasteiger partial charge on any atom is -0.483 e. The molecule has 1 aliphatic rings. The van der Waals surface area contributed by atoms with Crippen molar-refractivity contribution in [2.45, 2.75) is 22.2 Å². The van der Waals surface area contributed by atoms with E-state index in [1.54, 1.807) is 4.90 Å². The third kappa shape index (κ3) is 6.18. The zero-order chi connectivity index (χ0) is 25.3. The number of rotatable bonds is 7. The number of alkyl halides is 3. The lowest BCUT2D eigenvalue weighted by Gasteiger charge is -2.34. The van der Waals surface area contributed by atoms with Crippen molar-refractivity contribution in [1.82, 2.24) is 9.88 Å². The molecular weight excluding hydrogens is 519 g/mol. The molecule has 1 fully saturated rings. The smallest absolute Gasteiger partial charge is 0.422 e. The Hall–Kier alpha value is -2.39. The predicted molar refractivity (Wildman–Crippen MR) is 119 cm³/mol. The number of piperazine rings is 1. The van der Waals surface area contributed by atoms with Gasteiger partial charge in [0.1, 0.15) is 9.96 Å². The van der Waals surface area contributed by atoms with Crippen molar-refractivity contribution in [2.24, 2.45) is 0 Å². The Morgan fingerprint density at radius 2 is 1.79 bits per heavy atom. The SMILES string of the molecule is CCS(=O)(=O)c1cnc(N2CCN(C(=O)c3cc(S(C)(=O)=O)ccc3OCC(F)(F)F)CC2)s1. The fourth-order valence-electron chi connectivity index (χ4n) is 3.15. The number of benzene rings is 1. The summed E-state index contributed by atoms with van der Waals surface area (Å²) in [5.41, 5.74) is -0.286. The number of sulfone groups is 2. The van der Waals surface area contributed by atoms with Crippen LogP contribution in [0.4, 0.5) is 18.3 Å². The van der Waals surface area contributed by atoms with Crippen LogP contribution in [-0.4, -0.2) is 83.6 Å². The summed E-state index contributed by atoms with van der Waals surface area (Å²) in [6.07, 6.45) is -2.43. The van der Waals surface area contributed by atoms with Crippen LogP contribution in [0.15, 0.2) is 33.5 Å². The minimum absolute atomic E-state index is 0.0534. The number of halogens is 3. The lowest BCUT2D eigenvalue weighted by molar-refractivity contribution is -0.153. The highest BCUT2D eigenvalue weighted by Gasteiger charge is 2.31. The van der Waals surface area contributed by atoms with Crippen molar-refractivity contribution < 1.29 is 39.5 Å². The van der Waals surface area contributed by atoms with Crippen molar-refractivity contribution in [1.29, 1.82) is 0 Å². The quantitative estimate of drug-likeness (QED) is 0.525. The summed E-state index contributed by atoms with van der Waals surface area (Å²) in [6.45, 7) is 0.827. The van der Waals surface area contributed by atoms with Gasteiger partial charge in [0.2, 0.25) is 0 Å². The summed E-state index contributed by atoms with van der Waals surface area (Å²) < 4.78 is 90.7. The third-order valence-electron chi connectivity index (χ3n) is 5.00. The second-order valence-electron chi connectivity index (χ2n) is 7.48. The summed E-state index contributed by atoms with van der Waals surface area (Å²) in [5.74, 6) is -1.09. The van der Waals surface area contributed by atoms with Gasteiger partial charge in [-0.05, 0) is 18.2 Å². The van der Waals surface area contributed by atoms with Crippen LogP contribution < -0.4 is 9.64 Å². The monoisotopic (exact) mass is 541 g/mol. The fourth-order valence-corrected chi connectivity index (χ4v) is 6.08. The van der Waals surface area contributed by atoms with Crippen molar-refractivity contribution in [3.63, 3.8) is 0 Å². The molecule has 3 rings (SSSR count). The van der Waals surface area contributed by atoms with Crippen LogP contribution in [-0.2, 0) is 19.7 Å². The molecule has 2 heterocycles. The Labute approximate surface area is 199 Å². The Morgan fingerprint density at radius 3 is 2.35 bits per heavy atom. The second-order valence-corrected chi connectivity index (χ2v) is 13.0. The number of hydrogen-bond acceptors (Lipinski definition) is 9. The normalized spacial score (nSPS) is 15.4. The van der Waals surface area contributed by atoms with Gasteiger partial charge in [0.15, 0.2) is 31.4 Å². The van der Waals surface area contributed by atoms with E-state index in [1.807, 2.05) is 0 Å². The number of carbonyl (C=O) groups is 1. The maximum Gasteiger partial charge on any atom is 0.422 e. The zero-order valence-electron chi connectivity index (χ0n) is 18.2. The summed E-state index contributed by atoms with van der Waals surface area (Å²) in [5, 5.41) is 0.479. The molecule has 34 heavy (non-hydrogen) atoms. The maximum absolute atomic E-state index is 13.1. The number of aromatic nitrogens is 1. The molecule has 0 radical (unpaired) electrons. The summed E-state index contributed by atoms with van der Waals surface area (Å²) >= 11 is 1.02. The van der Waals surface area contributed by atoms with Crippen LogP contribution in [0, 0.1) is 0 Å². The van der Waals surface area contributed by atoms with E-state index >= 15 is 0 Å². The standard InChI is InChI=1S/C19H22F3N3O6S3/c1-3-34(29,30)16-11-23-18(32-16)25-8-6-24(7-9-25)17(26)14-10-13(33(2,27)28)4-5-15(14)31-12-19(20,21)22/h4-5,10-11H,3,6-9,12H2,1-2H3. The minimum atomic E-state index is -4.64. The second kappa shape index (κ2) is 9.70. The van der Waals surface area contributed by atoms with Gasteiger partial charge in [0.05, 0.1) is 22.4 Å². The van der Waals surface area contributed by atoms with Gasteiger partial charge >= 0.3 is 6.18 Å². The molecule has 0 N–H and O–H groups in total. The van der Waals surface area contributed by atoms with Crippen molar-refractivity contribution in [2.75, 3.05) is 49.7 Å². The Bertz CT molecular complexity index is 1270. The molecule has 0 saturated carbocycles. The van der Waals surface area contributed by atoms with Gasteiger partial charge in [-0.3, -0.25) is 4.79 Å². The molecule has 1 aliphatic heterocycles. The lowest BCUT2D eigenvalue weighted by atomic mass is 10.1. The van der Waals surface area contributed by atoms with Crippen molar-refractivity contribution >= 4 is 42.1 Å². The Morgan fingerprint density at radius 1 is 1.15 bits per heavy atom. The van der Waals surface area contributed by atoms with E-state index in [2.05, 4.69) is 4.98 Å². The van der Waals surface area contributed by atoms with Gasteiger partial charge in [-0.25, -0.2) is 21.8 Å². The molecule has 9 nitrogen and oxygen atoms in total. The Balaban J connectivity index is 1.78. The molecule has 0 aliphatic carbocycles. The fraction of sp³-hybridized carbons (Fsp3) is 0.474. The first-order chi connectivity index (χ1) is 15.7. The van der Waals surface area contributed by atoms with E-state index in [0.29, 0.717) is 18.2 Å². The summed E-state index contributed by atoms with van der Waals surface area (Å²) in [7, 11) is -7.11. The maximum atomic E-state index is 13.1. The van der Waals surface area contributed by atoms with Crippen LogP contribution in [0.1, 0.15) is 17.3 Å². The molecule has 0 spiro atoms. The molecule has 1 saturated heterocycles. The number of amides is 1. The number of thiazole rings is 1. The molecule has 0 unspecified atom stereocenters. The molecule has 15 heteroatoms. The number of anilines is 1. The van der Waals surface area contributed by atoms with E-state index in [4.69, 9.17) is 4.74 Å². The average molecular weight is 542 g/mol. The van der Waals surface area contributed by atoms with E-state index in [-0.39, 0.29) is 39.3 Å². The number of ether oxygens (including phenoxy) is 1. The van der Waals surface area contributed by atoms with Gasteiger partial charge < -0.3 is 14.5 Å². The molecule has 188 valence electrons. The van der Waals surface area contributed by atoms with Crippen LogP contribution in [0.25, 0.3) is 0 Å². The summed E-state index contributed by atoms with van der Waals surface area (Å²) in [6, 6.07) is 3.13. The molecular formula is C19H22F3N3O6S3. The van der Waals surface area contributed by atoms with E-state index < -0.39 is 38.4 Å². The zero-order valence-corrected chi connectivity index (χ0v) is 20.7. The topological polar surface area (TPSA) is 114 Å². The largest absolute Gasteiger partial charge is 0.483 e. The van der Waals surface area contributed by atoms with Crippen LogP contribution in [0.3, 0.4) is 0 Å². The lowest BCUT2D eigenvalue weighted by Crippen LogP contribution is -2.48. The Kier molecular flexibility index (Phi) is 7.48. The summed E-state index contributed by atoms with van der Waals surface area (Å²) in [4.78, 5) is 20.2. The highest BCUT2D eigenvalue weighted by Crippen LogP contribution is 2.30. The molecule has 0 bridgehead atoms. The van der Waals surface area contributed by atoms with Crippen molar-refractivity contribution in [3.8, 4) is 5.75 Å². The van der Waals surface area contributed by atoms with Gasteiger partial charge in [0.25, 0.3) is 5.91 Å². The van der Waals surface area contributed by atoms with Gasteiger partial charge in [-0.1, -0.05) is 18.3 Å². The van der Waals surface area contributed by atoms with Crippen LogP contribution >= 0.6 is 11.3 Å². The van der Waals surface area contributed by atoms with Crippen LogP contribution in [0.2, 0.25) is 0 Å². The molecule has 1 aromatic carbocycles. The predicted octanol–water partition coefficient (Wildman–Crippen LogP) is 2.24. The van der Waals surface area contributed by atoms with Gasteiger partial charge in [0, 0.05) is 32.4 Å². The highest BCUT2D eigenvalue weighted by molar-refractivity contribution is 7.93.